The maximum absolute atomic E-state index is 12.0. The molecule has 0 aliphatic rings. The second kappa shape index (κ2) is 7.82. The van der Waals surface area contributed by atoms with E-state index in [1.165, 1.54) is 0 Å². The number of rotatable bonds is 6. The summed E-state index contributed by atoms with van der Waals surface area (Å²) in [6, 6.07) is 14.9. The van der Waals surface area contributed by atoms with Gasteiger partial charge in [0.15, 0.2) is 0 Å². The van der Waals surface area contributed by atoms with Gasteiger partial charge in [0.05, 0.1) is 13.7 Å². The van der Waals surface area contributed by atoms with Gasteiger partial charge in [0.1, 0.15) is 5.75 Å². The molecule has 0 fully saturated rings. The number of hydrogen-bond donors (Lipinski definition) is 1. The number of likely N-dealkylation sites (N-methyl/N-ethyl adjacent to an activating group) is 1. The lowest BCUT2D eigenvalue weighted by Crippen LogP contribution is -2.29. The number of carbonyl (C=O) groups is 1. The molecule has 0 aromatic heterocycles. The molecule has 116 valence electrons. The Balaban J connectivity index is 1.86. The van der Waals surface area contributed by atoms with Crippen molar-refractivity contribution in [1.29, 1.82) is 0 Å². The van der Waals surface area contributed by atoms with Gasteiger partial charge in [-0.05, 0) is 49.0 Å². The number of carbonyl (C=O) groups excluding carboxylic acids is 1. The van der Waals surface area contributed by atoms with Gasteiger partial charge in [-0.25, -0.2) is 0 Å². The summed E-state index contributed by atoms with van der Waals surface area (Å²) >= 11 is 5.82. The largest absolute Gasteiger partial charge is 0.497 e. The standard InChI is InChI=1S/C17H19ClN2O2/c1-20(11-13-4-3-5-16(10-13)22-2)12-17(21)19-15-8-6-14(18)7-9-15/h3-10H,11-12H2,1-2H3,(H,19,21). The van der Waals surface area contributed by atoms with Crippen LogP contribution < -0.4 is 10.1 Å². The maximum Gasteiger partial charge on any atom is 0.238 e. The number of methoxy groups -OCH3 is 1. The molecule has 2 aromatic rings. The van der Waals surface area contributed by atoms with Gasteiger partial charge in [0, 0.05) is 17.3 Å². The van der Waals surface area contributed by atoms with Crippen LogP contribution >= 0.6 is 11.6 Å². The molecule has 1 amide bonds. The second-order valence-electron chi connectivity index (χ2n) is 5.08. The molecule has 0 spiro atoms. The first-order chi connectivity index (χ1) is 10.6. The number of benzene rings is 2. The minimum atomic E-state index is -0.0623. The molecule has 0 saturated carbocycles. The first kappa shape index (κ1) is 16.3. The summed E-state index contributed by atoms with van der Waals surface area (Å²) in [6.45, 7) is 0.977. The highest BCUT2D eigenvalue weighted by Gasteiger charge is 2.08. The lowest BCUT2D eigenvalue weighted by Gasteiger charge is -2.16. The van der Waals surface area contributed by atoms with Crippen LogP contribution in [0.3, 0.4) is 0 Å². The monoisotopic (exact) mass is 318 g/mol. The molecule has 0 unspecified atom stereocenters. The first-order valence-electron chi connectivity index (χ1n) is 6.93. The zero-order chi connectivity index (χ0) is 15.9. The lowest BCUT2D eigenvalue weighted by atomic mass is 10.2. The number of ether oxygens (including phenoxy) is 1. The third-order valence-electron chi connectivity index (χ3n) is 3.13. The van der Waals surface area contributed by atoms with E-state index < -0.39 is 0 Å². The molecule has 22 heavy (non-hydrogen) atoms. The van der Waals surface area contributed by atoms with E-state index in [0.29, 0.717) is 18.1 Å². The van der Waals surface area contributed by atoms with E-state index in [-0.39, 0.29) is 5.91 Å². The molecule has 2 rings (SSSR count). The fourth-order valence-corrected chi connectivity index (χ4v) is 2.24. The number of halogens is 1. The van der Waals surface area contributed by atoms with Crippen LogP contribution in [0.25, 0.3) is 0 Å². The molecule has 0 aliphatic heterocycles. The molecule has 0 bridgehead atoms. The predicted octanol–water partition coefficient (Wildman–Crippen LogP) is 3.42. The summed E-state index contributed by atoms with van der Waals surface area (Å²) in [5.74, 6) is 0.754. The lowest BCUT2D eigenvalue weighted by molar-refractivity contribution is -0.117. The number of hydrogen-bond acceptors (Lipinski definition) is 3. The van der Waals surface area contributed by atoms with E-state index in [4.69, 9.17) is 16.3 Å². The van der Waals surface area contributed by atoms with Crippen LogP contribution in [0.5, 0.6) is 5.75 Å². The van der Waals surface area contributed by atoms with Crippen LogP contribution in [0.4, 0.5) is 5.69 Å². The van der Waals surface area contributed by atoms with Crippen LogP contribution in [0, 0.1) is 0 Å². The van der Waals surface area contributed by atoms with Crippen LogP contribution in [-0.2, 0) is 11.3 Å². The molecule has 0 radical (unpaired) electrons. The molecule has 0 aliphatic carbocycles. The van der Waals surface area contributed by atoms with E-state index >= 15 is 0 Å². The molecule has 0 saturated heterocycles. The third kappa shape index (κ3) is 5.06. The first-order valence-corrected chi connectivity index (χ1v) is 7.31. The Labute approximate surface area is 135 Å². The molecular formula is C17H19ClN2O2. The highest BCUT2D eigenvalue weighted by molar-refractivity contribution is 6.30. The Kier molecular flexibility index (Phi) is 5.81. The van der Waals surface area contributed by atoms with Crippen molar-refractivity contribution in [3.63, 3.8) is 0 Å². The summed E-state index contributed by atoms with van der Waals surface area (Å²) in [5, 5.41) is 3.49. The third-order valence-corrected chi connectivity index (χ3v) is 3.38. The summed E-state index contributed by atoms with van der Waals surface area (Å²) in [7, 11) is 3.54. The van der Waals surface area contributed by atoms with Crippen LogP contribution in [-0.4, -0.2) is 31.5 Å². The molecule has 5 heteroatoms. The fraction of sp³-hybridized carbons (Fsp3) is 0.235. The van der Waals surface area contributed by atoms with E-state index in [0.717, 1.165) is 17.0 Å². The maximum atomic E-state index is 12.0. The van der Waals surface area contributed by atoms with Crippen molar-refractivity contribution in [2.24, 2.45) is 0 Å². The van der Waals surface area contributed by atoms with E-state index in [2.05, 4.69) is 5.32 Å². The second-order valence-corrected chi connectivity index (χ2v) is 5.52. The normalized spacial score (nSPS) is 10.5. The van der Waals surface area contributed by atoms with E-state index in [9.17, 15) is 4.79 Å². The van der Waals surface area contributed by atoms with Gasteiger partial charge in [-0.3, -0.25) is 9.69 Å². The van der Waals surface area contributed by atoms with E-state index in [1.807, 2.05) is 36.2 Å². The Hall–Kier alpha value is -2.04. The Morgan fingerprint density at radius 3 is 2.64 bits per heavy atom. The number of anilines is 1. The van der Waals surface area contributed by atoms with Crippen LogP contribution in [0.15, 0.2) is 48.5 Å². The van der Waals surface area contributed by atoms with Gasteiger partial charge in [0.25, 0.3) is 0 Å². The molecule has 1 N–H and O–H groups in total. The summed E-state index contributed by atoms with van der Waals surface area (Å²) in [4.78, 5) is 14.0. The smallest absolute Gasteiger partial charge is 0.238 e. The van der Waals surface area contributed by atoms with Gasteiger partial charge < -0.3 is 10.1 Å². The highest BCUT2D eigenvalue weighted by Crippen LogP contribution is 2.15. The van der Waals surface area contributed by atoms with Crippen LogP contribution in [0.1, 0.15) is 5.56 Å². The summed E-state index contributed by atoms with van der Waals surface area (Å²) < 4.78 is 5.20. The Morgan fingerprint density at radius 1 is 1.23 bits per heavy atom. The summed E-state index contributed by atoms with van der Waals surface area (Å²) in [6.07, 6.45) is 0. The molecular weight excluding hydrogens is 300 g/mol. The van der Waals surface area contributed by atoms with Crippen molar-refractivity contribution >= 4 is 23.2 Å². The zero-order valence-corrected chi connectivity index (χ0v) is 13.4. The highest BCUT2D eigenvalue weighted by atomic mass is 35.5. The SMILES string of the molecule is COc1cccc(CN(C)CC(=O)Nc2ccc(Cl)cc2)c1. The minimum absolute atomic E-state index is 0.0623. The molecule has 0 heterocycles. The Bertz CT molecular complexity index is 629. The average Bonchev–Trinajstić information content (AvgIpc) is 2.49. The van der Waals surface area contributed by atoms with Crippen molar-refractivity contribution in [2.75, 3.05) is 26.0 Å². The van der Waals surface area contributed by atoms with Crippen molar-refractivity contribution in [3.05, 3.63) is 59.1 Å². The van der Waals surface area contributed by atoms with Gasteiger partial charge in [-0.2, -0.15) is 0 Å². The molecule has 4 nitrogen and oxygen atoms in total. The number of amides is 1. The van der Waals surface area contributed by atoms with Crippen molar-refractivity contribution < 1.29 is 9.53 Å². The fourth-order valence-electron chi connectivity index (χ4n) is 2.12. The quantitative estimate of drug-likeness (QED) is 0.887. The average molecular weight is 319 g/mol. The van der Waals surface area contributed by atoms with Crippen molar-refractivity contribution in [2.45, 2.75) is 6.54 Å². The van der Waals surface area contributed by atoms with Crippen LogP contribution in [0.2, 0.25) is 5.02 Å². The topological polar surface area (TPSA) is 41.6 Å². The predicted molar refractivity (Wildman–Crippen MR) is 89.4 cm³/mol. The van der Waals surface area contributed by atoms with Crippen molar-refractivity contribution in [3.8, 4) is 5.75 Å². The molecule has 0 atom stereocenters. The zero-order valence-electron chi connectivity index (χ0n) is 12.7. The molecule has 2 aromatic carbocycles. The van der Waals surface area contributed by atoms with Gasteiger partial charge in [-0.15, -0.1) is 0 Å². The van der Waals surface area contributed by atoms with Crippen molar-refractivity contribution in [1.82, 2.24) is 4.90 Å². The number of nitrogens with one attached hydrogen (secondary N) is 1. The van der Waals surface area contributed by atoms with Gasteiger partial charge >= 0.3 is 0 Å². The van der Waals surface area contributed by atoms with Gasteiger partial charge in [0.2, 0.25) is 5.91 Å². The van der Waals surface area contributed by atoms with E-state index in [1.54, 1.807) is 31.4 Å². The minimum Gasteiger partial charge on any atom is -0.497 e. The summed E-state index contributed by atoms with van der Waals surface area (Å²) in [5.41, 5.74) is 1.84. The Morgan fingerprint density at radius 2 is 1.95 bits per heavy atom. The number of nitrogens with zero attached hydrogens (tertiary/aromatic N) is 1. The van der Waals surface area contributed by atoms with Gasteiger partial charge in [-0.1, -0.05) is 23.7 Å².